The Hall–Kier alpha value is -5.19. The largest absolute Gasteiger partial charge is 0.508 e. The maximum Gasteiger partial charge on any atom is 0.254 e. The van der Waals surface area contributed by atoms with E-state index >= 15 is 0 Å². The molecule has 2 heterocycles. The smallest absolute Gasteiger partial charge is 0.254 e. The second-order valence-corrected chi connectivity index (χ2v) is 9.36. The lowest BCUT2D eigenvalue weighted by atomic mass is 9.94. The summed E-state index contributed by atoms with van der Waals surface area (Å²) in [7, 11) is 1.39. The van der Waals surface area contributed by atoms with E-state index in [1.54, 1.807) is 24.4 Å². The molecule has 0 fully saturated rings. The van der Waals surface area contributed by atoms with Crippen LogP contribution in [0.3, 0.4) is 0 Å². The number of halogens is 3. The highest BCUT2D eigenvalue weighted by atomic mass is 19.1. The van der Waals surface area contributed by atoms with Gasteiger partial charge in [-0.3, -0.25) is 19.3 Å². The molecule has 2 amide bonds. The van der Waals surface area contributed by atoms with Gasteiger partial charge >= 0.3 is 0 Å². The number of amides is 2. The summed E-state index contributed by atoms with van der Waals surface area (Å²) < 4.78 is 43.9. The van der Waals surface area contributed by atoms with Gasteiger partial charge in [0.25, 0.3) is 5.91 Å². The minimum absolute atomic E-state index is 0.0132. The van der Waals surface area contributed by atoms with Crippen LogP contribution < -0.4 is 10.6 Å². The van der Waals surface area contributed by atoms with Gasteiger partial charge in [0.15, 0.2) is 0 Å². The van der Waals surface area contributed by atoms with E-state index in [-0.39, 0.29) is 29.8 Å². The topological polar surface area (TPSA) is 109 Å². The summed E-state index contributed by atoms with van der Waals surface area (Å²) in [5.41, 5.74) is 1.89. The van der Waals surface area contributed by atoms with Crippen LogP contribution in [0.4, 0.5) is 13.2 Å². The second-order valence-electron chi connectivity index (χ2n) is 9.36. The predicted octanol–water partition coefficient (Wildman–Crippen LogP) is 4.68. The van der Waals surface area contributed by atoms with Gasteiger partial charge in [0, 0.05) is 36.3 Å². The van der Waals surface area contributed by atoms with Crippen molar-refractivity contribution < 1.29 is 27.9 Å². The first kappa shape index (κ1) is 27.4. The third-order valence-corrected chi connectivity index (χ3v) is 6.54. The Balaban J connectivity index is 1.53. The first-order valence-corrected chi connectivity index (χ1v) is 12.6. The average Bonchev–Trinajstić information content (AvgIpc) is 3.33. The predicted molar refractivity (Wildman–Crippen MR) is 145 cm³/mol. The van der Waals surface area contributed by atoms with E-state index in [1.165, 1.54) is 42.2 Å². The minimum Gasteiger partial charge on any atom is -0.508 e. The zero-order chi connectivity index (χ0) is 29.1. The lowest BCUT2D eigenvalue weighted by Gasteiger charge is -2.22. The molecule has 3 aromatic carbocycles. The Morgan fingerprint density at radius 2 is 1.78 bits per heavy atom. The Morgan fingerprint density at radius 1 is 1.00 bits per heavy atom. The molecule has 0 bridgehead atoms. The van der Waals surface area contributed by atoms with Crippen molar-refractivity contribution in [2.45, 2.75) is 19.0 Å². The van der Waals surface area contributed by atoms with Gasteiger partial charge in [0.05, 0.1) is 29.0 Å². The number of benzene rings is 3. The van der Waals surface area contributed by atoms with Gasteiger partial charge < -0.3 is 15.7 Å². The molecule has 0 spiro atoms. The summed E-state index contributed by atoms with van der Waals surface area (Å²) in [6, 6.07) is 14.2. The lowest BCUT2D eigenvalue weighted by Crippen LogP contribution is -2.34. The van der Waals surface area contributed by atoms with Crippen molar-refractivity contribution in [2.75, 3.05) is 7.05 Å². The third-order valence-electron chi connectivity index (χ3n) is 6.54. The number of aromatic hydroxyl groups is 1. The van der Waals surface area contributed by atoms with Crippen LogP contribution >= 0.6 is 0 Å². The molecule has 8 nitrogen and oxygen atoms in total. The van der Waals surface area contributed by atoms with Gasteiger partial charge in [-0.05, 0) is 60.0 Å². The minimum atomic E-state index is -0.886. The van der Waals surface area contributed by atoms with Gasteiger partial charge in [-0.15, -0.1) is 0 Å². The van der Waals surface area contributed by atoms with Crippen molar-refractivity contribution in [3.63, 3.8) is 0 Å². The highest BCUT2D eigenvalue weighted by Crippen LogP contribution is 2.30. The summed E-state index contributed by atoms with van der Waals surface area (Å²) in [5, 5.41) is 20.1. The van der Waals surface area contributed by atoms with Crippen LogP contribution in [0.2, 0.25) is 0 Å². The lowest BCUT2D eigenvalue weighted by molar-refractivity contribution is -0.122. The summed E-state index contributed by atoms with van der Waals surface area (Å²) in [4.78, 5) is 30.0. The molecule has 0 saturated carbocycles. The van der Waals surface area contributed by atoms with E-state index in [2.05, 4.69) is 20.7 Å². The molecule has 0 radical (unpaired) electrons. The van der Waals surface area contributed by atoms with Gasteiger partial charge in [0.2, 0.25) is 5.91 Å². The number of pyridine rings is 1. The summed E-state index contributed by atoms with van der Waals surface area (Å²) >= 11 is 0. The third kappa shape index (κ3) is 6.03. The Kier molecular flexibility index (Phi) is 7.68. The van der Waals surface area contributed by atoms with Gasteiger partial charge in [-0.1, -0.05) is 12.1 Å². The van der Waals surface area contributed by atoms with E-state index in [9.17, 15) is 27.9 Å². The normalized spacial score (nSPS) is 11.8. The van der Waals surface area contributed by atoms with Crippen LogP contribution in [0, 0.1) is 17.5 Å². The summed E-state index contributed by atoms with van der Waals surface area (Å²) in [6.45, 7) is -0.222. The molecule has 5 rings (SSSR count). The fraction of sp³-hybridized carbons (Fsp3) is 0.133. The monoisotopic (exact) mass is 559 g/mol. The summed E-state index contributed by atoms with van der Waals surface area (Å²) in [6.07, 6.45) is 3.02. The SMILES string of the molecule is CNC(=O)c1cc(-c2cccnc2[C@H](Cc2cc(F)cc(F)c2)NC(=O)Cn2ncc3ccc(O)cc32)ccc1F. The van der Waals surface area contributed by atoms with Crippen LogP contribution in [0.25, 0.3) is 22.0 Å². The van der Waals surface area contributed by atoms with Crippen molar-refractivity contribution in [3.05, 3.63) is 113 Å². The van der Waals surface area contributed by atoms with Crippen molar-refractivity contribution in [2.24, 2.45) is 0 Å². The molecule has 0 aliphatic heterocycles. The molecule has 3 N–H and O–H groups in total. The number of hydrogen-bond donors (Lipinski definition) is 3. The molecule has 208 valence electrons. The molecule has 0 saturated heterocycles. The number of carbonyl (C=O) groups excluding carboxylic acids is 2. The number of nitrogens with one attached hydrogen (secondary N) is 2. The Morgan fingerprint density at radius 3 is 2.54 bits per heavy atom. The van der Waals surface area contributed by atoms with E-state index in [0.717, 1.165) is 29.7 Å². The van der Waals surface area contributed by atoms with Crippen molar-refractivity contribution in [1.82, 2.24) is 25.4 Å². The molecule has 11 heteroatoms. The van der Waals surface area contributed by atoms with Crippen LogP contribution in [-0.4, -0.2) is 38.7 Å². The number of aromatic nitrogens is 3. The molecular formula is C30H24F3N5O3. The maximum absolute atomic E-state index is 14.4. The number of rotatable bonds is 8. The summed E-state index contributed by atoms with van der Waals surface area (Å²) in [5.74, 6) is -3.35. The molecule has 1 atom stereocenters. The molecule has 0 unspecified atom stereocenters. The van der Waals surface area contributed by atoms with Crippen molar-refractivity contribution in [3.8, 4) is 16.9 Å². The van der Waals surface area contributed by atoms with E-state index in [0.29, 0.717) is 22.3 Å². The van der Waals surface area contributed by atoms with E-state index in [4.69, 9.17) is 0 Å². The number of phenolic OH excluding ortho intramolecular Hbond substituents is 1. The Labute approximate surface area is 232 Å². The molecule has 0 aliphatic carbocycles. The van der Waals surface area contributed by atoms with Crippen LogP contribution in [0.5, 0.6) is 5.75 Å². The van der Waals surface area contributed by atoms with Gasteiger partial charge in [-0.2, -0.15) is 5.10 Å². The average molecular weight is 560 g/mol. The molecule has 41 heavy (non-hydrogen) atoms. The Bertz CT molecular complexity index is 1750. The number of hydrogen-bond acceptors (Lipinski definition) is 5. The van der Waals surface area contributed by atoms with Gasteiger partial charge in [-0.25, -0.2) is 13.2 Å². The number of phenols is 1. The molecule has 2 aromatic heterocycles. The zero-order valence-electron chi connectivity index (χ0n) is 21.7. The van der Waals surface area contributed by atoms with E-state index in [1.807, 2.05) is 0 Å². The quantitative estimate of drug-likeness (QED) is 0.256. The zero-order valence-corrected chi connectivity index (χ0v) is 21.7. The highest BCUT2D eigenvalue weighted by molar-refractivity contribution is 5.95. The fourth-order valence-corrected chi connectivity index (χ4v) is 4.68. The van der Waals surface area contributed by atoms with Crippen molar-refractivity contribution >= 4 is 22.7 Å². The number of fused-ring (bicyclic) bond motifs is 1. The van der Waals surface area contributed by atoms with Crippen LogP contribution in [0.15, 0.2) is 79.1 Å². The van der Waals surface area contributed by atoms with E-state index < -0.39 is 35.3 Å². The van der Waals surface area contributed by atoms with Crippen molar-refractivity contribution in [1.29, 1.82) is 0 Å². The first-order chi connectivity index (χ1) is 19.7. The number of nitrogens with zero attached hydrogens (tertiary/aromatic N) is 3. The molecule has 0 aliphatic rings. The number of carbonyl (C=O) groups is 2. The van der Waals surface area contributed by atoms with Crippen LogP contribution in [-0.2, 0) is 17.8 Å². The highest BCUT2D eigenvalue weighted by Gasteiger charge is 2.23. The molecule has 5 aromatic rings. The fourth-order valence-electron chi connectivity index (χ4n) is 4.68. The first-order valence-electron chi connectivity index (χ1n) is 12.6. The molecular weight excluding hydrogens is 535 g/mol. The van der Waals surface area contributed by atoms with Gasteiger partial charge in [0.1, 0.15) is 29.7 Å². The van der Waals surface area contributed by atoms with Crippen LogP contribution in [0.1, 0.15) is 27.7 Å². The second kappa shape index (κ2) is 11.5. The maximum atomic E-state index is 14.4. The standard InChI is InChI=1S/C30H24F3N5O3/c1-34-30(41)24-12-18(5-7-25(24)33)23-3-2-8-35-29(23)26(11-17-9-20(31)13-21(32)10-17)37-28(40)16-38-27-14-22(39)6-4-19(27)15-36-38/h2-10,12-15,26,39H,11,16H2,1H3,(H,34,41)(H,37,40)/t26-/m0/s1.